The number of amides is 1. The minimum Gasteiger partial charge on any atom is -0.484 e. The number of benzene rings is 2. The number of hydrogen-bond acceptors (Lipinski definition) is 3. The summed E-state index contributed by atoms with van der Waals surface area (Å²) in [6.07, 6.45) is 1.84. The Hall–Kier alpha value is -2.82. The molecule has 0 saturated heterocycles. The normalized spacial score (nSPS) is 10.6. The Balaban J connectivity index is 1.53. The molecular formula is C17H17N3O2. The van der Waals surface area contributed by atoms with Crippen LogP contribution < -0.4 is 10.1 Å². The van der Waals surface area contributed by atoms with Crippen LogP contribution >= 0.6 is 0 Å². The van der Waals surface area contributed by atoms with E-state index < -0.39 is 0 Å². The van der Waals surface area contributed by atoms with Gasteiger partial charge in [0.15, 0.2) is 6.61 Å². The number of ether oxygens (including phenoxy) is 1. The van der Waals surface area contributed by atoms with Crippen molar-refractivity contribution in [1.82, 2.24) is 15.1 Å². The molecule has 1 heterocycles. The molecule has 0 unspecified atom stereocenters. The second-order valence-corrected chi connectivity index (χ2v) is 5.06. The molecule has 2 aromatic carbocycles. The fraction of sp³-hybridized carbons (Fsp3) is 0.176. The van der Waals surface area contributed by atoms with Gasteiger partial charge in [-0.1, -0.05) is 30.3 Å². The average molecular weight is 295 g/mol. The summed E-state index contributed by atoms with van der Waals surface area (Å²) >= 11 is 0. The van der Waals surface area contributed by atoms with E-state index in [1.807, 2.05) is 61.8 Å². The first-order valence-corrected chi connectivity index (χ1v) is 7.07. The zero-order valence-corrected chi connectivity index (χ0v) is 12.3. The topological polar surface area (TPSA) is 56.2 Å². The van der Waals surface area contributed by atoms with E-state index in [-0.39, 0.29) is 12.5 Å². The maximum atomic E-state index is 11.8. The Morgan fingerprint density at radius 2 is 2.00 bits per heavy atom. The van der Waals surface area contributed by atoms with Crippen LogP contribution in [0.4, 0.5) is 0 Å². The Morgan fingerprint density at radius 1 is 1.18 bits per heavy atom. The van der Waals surface area contributed by atoms with Gasteiger partial charge in [-0.3, -0.25) is 9.48 Å². The summed E-state index contributed by atoms with van der Waals surface area (Å²) in [7, 11) is 1.84. The van der Waals surface area contributed by atoms with Crippen LogP contribution in [0.25, 0.3) is 10.8 Å². The van der Waals surface area contributed by atoms with Crippen LogP contribution in [0.3, 0.4) is 0 Å². The molecule has 1 aromatic heterocycles. The number of carbonyl (C=O) groups is 1. The van der Waals surface area contributed by atoms with E-state index >= 15 is 0 Å². The third-order valence-corrected chi connectivity index (χ3v) is 3.33. The summed E-state index contributed by atoms with van der Waals surface area (Å²) in [6, 6.07) is 15.7. The van der Waals surface area contributed by atoms with E-state index in [0.29, 0.717) is 12.3 Å². The predicted molar refractivity (Wildman–Crippen MR) is 84.5 cm³/mol. The lowest BCUT2D eigenvalue weighted by atomic mass is 10.1. The molecule has 0 spiro atoms. The molecule has 0 aliphatic heterocycles. The van der Waals surface area contributed by atoms with Gasteiger partial charge >= 0.3 is 0 Å². The first-order valence-electron chi connectivity index (χ1n) is 7.07. The fourth-order valence-corrected chi connectivity index (χ4v) is 2.20. The summed E-state index contributed by atoms with van der Waals surface area (Å²) in [5.74, 6) is 0.519. The van der Waals surface area contributed by atoms with Crippen molar-refractivity contribution in [3.63, 3.8) is 0 Å². The molecule has 0 aliphatic rings. The van der Waals surface area contributed by atoms with Crippen molar-refractivity contribution in [3.8, 4) is 5.75 Å². The second kappa shape index (κ2) is 6.30. The van der Waals surface area contributed by atoms with Gasteiger partial charge in [-0.25, -0.2) is 0 Å². The van der Waals surface area contributed by atoms with E-state index in [0.717, 1.165) is 16.5 Å². The largest absolute Gasteiger partial charge is 0.484 e. The summed E-state index contributed by atoms with van der Waals surface area (Å²) in [6.45, 7) is 0.395. The van der Waals surface area contributed by atoms with E-state index in [1.165, 1.54) is 0 Å². The van der Waals surface area contributed by atoms with Crippen LogP contribution in [0.2, 0.25) is 0 Å². The standard InChI is InChI=1S/C17H17N3O2/c1-20-9-8-15(19-20)11-18-17(21)12-22-16-7-6-13-4-2-3-5-14(13)10-16/h2-10H,11-12H2,1H3,(H,18,21). The van der Waals surface area contributed by atoms with Crippen LogP contribution in [-0.4, -0.2) is 22.3 Å². The number of nitrogens with zero attached hydrogens (tertiary/aromatic N) is 2. The molecule has 3 aromatic rings. The molecule has 0 atom stereocenters. The number of aryl methyl sites for hydroxylation is 1. The van der Waals surface area contributed by atoms with Crippen molar-refractivity contribution in [3.05, 3.63) is 60.4 Å². The van der Waals surface area contributed by atoms with Gasteiger partial charge < -0.3 is 10.1 Å². The number of carbonyl (C=O) groups excluding carboxylic acids is 1. The van der Waals surface area contributed by atoms with Crippen LogP contribution in [-0.2, 0) is 18.4 Å². The lowest BCUT2D eigenvalue weighted by molar-refractivity contribution is -0.123. The van der Waals surface area contributed by atoms with Crippen LogP contribution in [0.1, 0.15) is 5.69 Å². The molecule has 22 heavy (non-hydrogen) atoms. The van der Waals surface area contributed by atoms with Crippen molar-refractivity contribution in [2.24, 2.45) is 7.05 Å². The highest BCUT2D eigenvalue weighted by molar-refractivity contribution is 5.84. The lowest BCUT2D eigenvalue weighted by Crippen LogP contribution is -2.28. The van der Waals surface area contributed by atoms with Crippen molar-refractivity contribution < 1.29 is 9.53 Å². The summed E-state index contributed by atoms with van der Waals surface area (Å²) in [4.78, 5) is 11.8. The molecule has 0 saturated carbocycles. The van der Waals surface area contributed by atoms with Crippen molar-refractivity contribution in [1.29, 1.82) is 0 Å². The Kier molecular flexibility index (Phi) is 4.05. The van der Waals surface area contributed by atoms with Crippen LogP contribution in [0.5, 0.6) is 5.75 Å². The van der Waals surface area contributed by atoms with Crippen molar-refractivity contribution in [2.75, 3.05) is 6.61 Å². The van der Waals surface area contributed by atoms with Gasteiger partial charge in [0.2, 0.25) is 0 Å². The van der Waals surface area contributed by atoms with E-state index in [9.17, 15) is 4.79 Å². The van der Waals surface area contributed by atoms with Crippen molar-refractivity contribution >= 4 is 16.7 Å². The molecule has 5 nitrogen and oxygen atoms in total. The monoisotopic (exact) mass is 295 g/mol. The number of rotatable bonds is 5. The molecule has 0 aliphatic carbocycles. The Morgan fingerprint density at radius 3 is 2.77 bits per heavy atom. The molecule has 0 radical (unpaired) electrons. The zero-order chi connectivity index (χ0) is 15.4. The SMILES string of the molecule is Cn1ccc(CNC(=O)COc2ccc3ccccc3c2)n1. The maximum absolute atomic E-state index is 11.8. The zero-order valence-electron chi connectivity index (χ0n) is 12.3. The van der Waals surface area contributed by atoms with E-state index in [4.69, 9.17) is 4.74 Å². The number of nitrogens with one attached hydrogen (secondary N) is 1. The predicted octanol–water partition coefficient (Wildman–Crippen LogP) is 2.27. The third-order valence-electron chi connectivity index (χ3n) is 3.33. The smallest absolute Gasteiger partial charge is 0.258 e. The number of fused-ring (bicyclic) bond motifs is 1. The Labute approximate surface area is 128 Å². The molecular weight excluding hydrogens is 278 g/mol. The highest BCUT2D eigenvalue weighted by Crippen LogP contribution is 2.20. The summed E-state index contributed by atoms with van der Waals surface area (Å²) in [5.41, 5.74) is 0.821. The van der Waals surface area contributed by atoms with Crippen LogP contribution in [0.15, 0.2) is 54.7 Å². The van der Waals surface area contributed by atoms with Gasteiger partial charge in [-0.15, -0.1) is 0 Å². The summed E-state index contributed by atoms with van der Waals surface area (Å²) in [5, 5.41) is 9.22. The van der Waals surface area contributed by atoms with Gasteiger partial charge in [0, 0.05) is 13.2 Å². The molecule has 0 fully saturated rings. The van der Waals surface area contributed by atoms with Gasteiger partial charge in [0.25, 0.3) is 5.91 Å². The number of aromatic nitrogens is 2. The summed E-state index contributed by atoms with van der Waals surface area (Å²) < 4.78 is 7.23. The molecule has 5 heteroatoms. The van der Waals surface area contributed by atoms with E-state index in [1.54, 1.807) is 4.68 Å². The molecule has 112 valence electrons. The third kappa shape index (κ3) is 3.44. The first kappa shape index (κ1) is 14.1. The minimum absolute atomic E-state index is 0.00876. The average Bonchev–Trinajstić information content (AvgIpc) is 2.96. The maximum Gasteiger partial charge on any atom is 0.258 e. The van der Waals surface area contributed by atoms with Crippen molar-refractivity contribution in [2.45, 2.75) is 6.54 Å². The van der Waals surface area contributed by atoms with Crippen LogP contribution in [0, 0.1) is 0 Å². The highest BCUT2D eigenvalue weighted by atomic mass is 16.5. The lowest BCUT2D eigenvalue weighted by Gasteiger charge is -2.07. The Bertz CT molecular complexity index is 795. The minimum atomic E-state index is -0.168. The second-order valence-electron chi connectivity index (χ2n) is 5.06. The van der Waals surface area contributed by atoms with Gasteiger partial charge in [0.1, 0.15) is 5.75 Å². The first-order chi connectivity index (χ1) is 10.7. The van der Waals surface area contributed by atoms with Gasteiger partial charge in [0.05, 0.1) is 12.2 Å². The van der Waals surface area contributed by atoms with E-state index in [2.05, 4.69) is 10.4 Å². The number of hydrogen-bond donors (Lipinski definition) is 1. The fourth-order valence-electron chi connectivity index (χ4n) is 2.20. The molecule has 3 rings (SSSR count). The van der Waals surface area contributed by atoms with Gasteiger partial charge in [-0.2, -0.15) is 5.10 Å². The van der Waals surface area contributed by atoms with Gasteiger partial charge in [-0.05, 0) is 29.0 Å². The molecule has 1 N–H and O–H groups in total. The molecule has 1 amide bonds. The molecule has 0 bridgehead atoms. The quantitative estimate of drug-likeness (QED) is 0.785. The highest BCUT2D eigenvalue weighted by Gasteiger charge is 2.04.